The van der Waals surface area contributed by atoms with E-state index in [9.17, 15) is 13.2 Å². The van der Waals surface area contributed by atoms with Crippen LogP contribution in [0.2, 0.25) is 0 Å². The summed E-state index contributed by atoms with van der Waals surface area (Å²) in [7, 11) is -3.67. The minimum absolute atomic E-state index is 0.0572. The van der Waals surface area contributed by atoms with E-state index in [1.807, 2.05) is 6.07 Å². The van der Waals surface area contributed by atoms with Crippen molar-refractivity contribution in [1.29, 1.82) is 0 Å². The molecule has 2 aromatic carbocycles. The predicted octanol–water partition coefficient (Wildman–Crippen LogP) is 1.86. The number of carbonyl (C=O) groups excluding carboxylic acids is 1. The first-order valence-corrected chi connectivity index (χ1v) is 9.71. The van der Waals surface area contributed by atoms with E-state index in [2.05, 4.69) is 15.4 Å². The van der Waals surface area contributed by atoms with Crippen molar-refractivity contribution in [2.24, 2.45) is 0 Å². The maximum atomic E-state index is 12.5. The highest BCUT2D eigenvalue weighted by Crippen LogP contribution is 2.20. The normalized spacial score (nSPS) is 17.2. The molecule has 0 radical (unpaired) electrons. The molecule has 1 atom stereocenters. The van der Waals surface area contributed by atoms with E-state index in [0.29, 0.717) is 11.3 Å². The molecule has 3 N–H and O–H groups in total. The van der Waals surface area contributed by atoms with Gasteiger partial charge < -0.3 is 10.6 Å². The van der Waals surface area contributed by atoms with Gasteiger partial charge in [-0.05, 0) is 43.1 Å². The number of para-hydroxylation sites is 1. The van der Waals surface area contributed by atoms with Gasteiger partial charge in [-0.1, -0.05) is 36.4 Å². The molecule has 3 rings (SSSR count). The summed E-state index contributed by atoms with van der Waals surface area (Å²) in [5.41, 5.74) is 1.18. The number of sulfonamides is 1. The van der Waals surface area contributed by atoms with Crippen LogP contribution in [0.3, 0.4) is 0 Å². The zero-order valence-corrected chi connectivity index (χ0v) is 14.6. The van der Waals surface area contributed by atoms with E-state index in [1.54, 1.807) is 48.5 Å². The molecule has 1 aliphatic rings. The molecule has 1 heterocycles. The Labute approximate surface area is 147 Å². The second-order valence-electron chi connectivity index (χ2n) is 5.94. The molecule has 1 saturated heterocycles. The molecule has 0 saturated carbocycles. The summed E-state index contributed by atoms with van der Waals surface area (Å²) in [6.07, 6.45) is 1.82. The second-order valence-corrected chi connectivity index (χ2v) is 7.62. The Morgan fingerprint density at radius 3 is 2.52 bits per heavy atom. The van der Waals surface area contributed by atoms with Crippen LogP contribution in [0.4, 0.5) is 5.69 Å². The van der Waals surface area contributed by atoms with Gasteiger partial charge in [0.25, 0.3) is 10.0 Å². The number of amides is 1. The van der Waals surface area contributed by atoms with Gasteiger partial charge in [0.2, 0.25) is 5.91 Å². The van der Waals surface area contributed by atoms with E-state index in [1.165, 1.54) is 0 Å². The van der Waals surface area contributed by atoms with Gasteiger partial charge in [0, 0.05) is 6.54 Å². The van der Waals surface area contributed by atoms with Gasteiger partial charge in [0.15, 0.2) is 0 Å². The van der Waals surface area contributed by atoms with Gasteiger partial charge in [-0.15, -0.1) is 0 Å². The average molecular weight is 359 g/mol. The van der Waals surface area contributed by atoms with Crippen molar-refractivity contribution in [2.75, 3.05) is 11.3 Å². The number of carbonyl (C=O) groups is 1. The highest BCUT2D eigenvalue weighted by atomic mass is 32.2. The van der Waals surface area contributed by atoms with E-state index < -0.39 is 10.0 Å². The Hall–Kier alpha value is -2.38. The minimum atomic E-state index is -3.67. The minimum Gasteiger partial charge on any atom is -0.351 e. The van der Waals surface area contributed by atoms with Crippen LogP contribution in [-0.4, -0.2) is 26.9 Å². The zero-order chi connectivity index (χ0) is 17.7. The summed E-state index contributed by atoms with van der Waals surface area (Å²) in [5.74, 6) is -0.0572. The molecule has 25 heavy (non-hydrogen) atoms. The van der Waals surface area contributed by atoms with Crippen molar-refractivity contribution >= 4 is 21.6 Å². The summed E-state index contributed by atoms with van der Waals surface area (Å²) in [6, 6.07) is 15.1. The molecule has 1 amide bonds. The Kier molecular flexibility index (Phi) is 5.35. The standard InChI is InChI=1S/C18H21N3O3S/c22-18(17-11-6-12-19-17)20-13-14-7-4-5-10-16(14)21-25(23,24)15-8-2-1-3-9-15/h1-5,7-10,17,19,21H,6,11-13H2,(H,20,22). The van der Waals surface area contributed by atoms with E-state index >= 15 is 0 Å². The first-order valence-electron chi connectivity index (χ1n) is 8.23. The van der Waals surface area contributed by atoms with Crippen LogP contribution in [0.15, 0.2) is 59.5 Å². The van der Waals surface area contributed by atoms with Crippen molar-refractivity contribution in [1.82, 2.24) is 10.6 Å². The SMILES string of the molecule is O=C(NCc1ccccc1NS(=O)(=O)c1ccccc1)C1CCCN1. The number of rotatable bonds is 6. The molecule has 0 aliphatic carbocycles. The molecule has 6 nitrogen and oxygen atoms in total. The van der Waals surface area contributed by atoms with Gasteiger partial charge in [-0.25, -0.2) is 8.42 Å². The van der Waals surface area contributed by atoms with Gasteiger partial charge in [0.05, 0.1) is 16.6 Å². The van der Waals surface area contributed by atoms with Gasteiger partial charge in [-0.3, -0.25) is 9.52 Å². The number of benzene rings is 2. The molecular formula is C18H21N3O3S. The van der Waals surface area contributed by atoms with Crippen LogP contribution in [-0.2, 0) is 21.4 Å². The molecule has 0 spiro atoms. The predicted molar refractivity (Wildman–Crippen MR) is 96.6 cm³/mol. The molecule has 0 aromatic heterocycles. The Bertz CT molecular complexity index is 832. The fourth-order valence-corrected chi connectivity index (χ4v) is 3.91. The third kappa shape index (κ3) is 4.37. The Morgan fingerprint density at radius 2 is 1.80 bits per heavy atom. The lowest BCUT2D eigenvalue weighted by atomic mass is 10.1. The molecule has 0 bridgehead atoms. The smallest absolute Gasteiger partial charge is 0.261 e. The Morgan fingerprint density at radius 1 is 1.08 bits per heavy atom. The first-order chi connectivity index (χ1) is 12.1. The van der Waals surface area contributed by atoms with Gasteiger partial charge in [-0.2, -0.15) is 0 Å². The largest absolute Gasteiger partial charge is 0.351 e. The van der Waals surface area contributed by atoms with Crippen molar-refractivity contribution in [3.05, 3.63) is 60.2 Å². The lowest BCUT2D eigenvalue weighted by molar-refractivity contribution is -0.122. The highest BCUT2D eigenvalue weighted by molar-refractivity contribution is 7.92. The fraction of sp³-hybridized carbons (Fsp3) is 0.278. The maximum Gasteiger partial charge on any atom is 0.261 e. The third-order valence-electron chi connectivity index (χ3n) is 4.15. The van der Waals surface area contributed by atoms with Crippen LogP contribution >= 0.6 is 0 Å². The van der Waals surface area contributed by atoms with Crippen molar-refractivity contribution < 1.29 is 13.2 Å². The molecule has 7 heteroatoms. The summed E-state index contributed by atoms with van der Waals surface area (Å²) in [4.78, 5) is 12.3. The third-order valence-corrected chi connectivity index (χ3v) is 5.53. The average Bonchev–Trinajstić information content (AvgIpc) is 3.16. The molecule has 132 valence electrons. The van der Waals surface area contributed by atoms with Crippen LogP contribution in [0.25, 0.3) is 0 Å². The summed E-state index contributed by atoms with van der Waals surface area (Å²) >= 11 is 0. The van der Waals surface area contributed by atoms with Gasteiger partial charge >= 0.3 is 0 Å². The topological polar surface area (TPSA) is 87.3 Å². The second kappa shape index (κ2) is 7.67. The zero-order valence-electron chi connectivity index (χ0n) is 13.7. The van der Waals surface area contributed by atoms with Crippen molar-refractivity contribution in [2.45, 2.75) is 30.3 Å². The van der Waals surface area contributed by atoms with Crippen molar-refractivity contribution in [3.8, 4) is 0 Å². The van der Waals surface area contributed by atoms with E-state index in [4.69, 9.17) is 0 Å². The van der Waals surface area contributed by atoms with E-state index in [-0.39, 0.29) is 23.4 Å². The first kappa shape index (κ1) is 17.4. The number of hydrogen-bond acceptors (Lipinski definition) is 4. The summed E-state index contributed by atoms with van der Waals surface area (Å²) in [5, 5.41) is 6.01. The lowest BCUT2D eigenvalue weighted by Crippen LogP contribution is -2.40. The quantitative estimate of drug-likeness (QED) is 0.735. The van der Waals surface area contributed by atoms with Crippen molar-refractivity contribution in [3.63, 3.8) is 0 Å². The molecule has 1 fully saturated rings. The maximum absolute atomic E-state index is 12.5. The molecule has 1 aliphatic heterocycles. The van der Waals surface area contributed by atoms with Crippen LogP contribution in [0.5, 0.6) is 0 Å². The molecular weight excluding hydrogens is 338 g/mol. The fourth-order valence-electron chi connectivity index (χ4n) is 2.79. The molecule has 2 aromatic rings. The highest BCUT2D eigenvalue weighted by Gasteiger charge is 2.22. The van der Waals surface area contributed by atoms with E-state index in [0.717, 1.165) is 19.4 Å². The van der Waals surface area contributed by atoms with Crippen LogP contribution < -0.4 is 15.4 Å². The summed E-state index contributed by atoms with van der Waals surface area (Å²) in [6.45, 7) is 1.12. The monoisotopic (exact) mass is 359 g/mol. The molecule has 1 unspecified atom stereocenters. The summed E-state index contributed by atoms with van der Waals surface area (Å²) < 4.78 is 27.6. The lowest BCUT2D eigenvalue weighted by Gasteiger charge is -2.15. The van der Waals surface area contributed by atoms with Crippen LogP contribution in [0, 0.1) is 0 Å². The number of anilines is 1. The number of nitrogens with one attached hydrogen (secondary N) is 3. The number of hydrogen-bond donors (Lipinski definition) is 3. The Balaban J connectivity index is 1.71. The van der Waals surface area contributed by atoms with Crippen LogP contribution in [0.1, 0.15) is 18.4 Å². The van der Waals surface area contributed by atoms with Gasteiger partial charge in [0.1, 0.15) is 0 Å².